The Morgan fingerprint density at radius 3 is 3.22 bits per heavy atom. The summed E-state index contributed by atoms with van der Waals surface area (Å²) in [6, 6.07) is 0. The van der Waals surface area contributed by atoms with Crippen LogP contribution >= 0.6 is 0 Å². The van der Waals surface area contributed by atoms with E-state index in [1.165, 1.54) is 10.9 Å². The number of rotatable bonds is 3. The molecular weight excluding hydrogens is 118 g/mol. The smallest absolute Gasteiger partial charge is 0.141 e. The van der Waals surface area contributed by atoms with Gasteiger partial charge in [-0.05, 0) is 6.92 Å². The molecule has 0 spiro atoms. The molecule has 0 aromatic carbocycles. The van der Waals surface area contributed by atoms with Gasteiger partial charge < -0.3 is 4.74 Å². The Balaban J connectivity index is 2.30. The summed E-state index contributed by atoms with van der Waals surface area (Å²) >= 11 is 0. The zero-order valence-corrected chi connectivity index (χ0v) is 5.24. The number of hydrogen-bond donors (Lipinski definition) is 0. The van der Waals surface area contributed by atoms with Crippen molar-refractivity contribution in [2.45, 2.75) is 13.7 Å². The Morgan fingerprint density at radius 2 is 2.67 bits per heavy atom. The quantitative estimate of drug-likeness (QED) is 0.575. The summed E-state index contributed by atoms with van der Waals surface area (Å²) < 4.78 is 6.51. The Kier molecular flexibility index (Phi) is 2.21. The fourth-order valence-corrected chi connectivity index (χ4v) is 0.447. The van der Waals surface area contributed by atoms with Crippen molar-refractivity contribution in [3.63, 3.8) is 0 Å². The number of hydrogen-bond acceptors (Lipinski definition) is 3. The highest BCUT2D eigenvalue weighted by Gasteiger charge is 1.87. The fourth-order valence-electron chi connectivity index (χ4n) is 0.447. The van der Waals surface area contributed by atoms with Crippen molar-refractivity contribution in [3.05, 3.63) is 12.4 Å². The van der Waals surface area contributed by atoms with Gasteiger partial charge in [0.05, 0.1) is 6.20 Å². The van der Waals surface area contributed by atoms with E-state index in [1.54, 1.807) is 0 Å². The molecule has 0 bridgehead atoms. The third-order valence-corrected chi connectivity index (χ3v) is 0.842. The summed E-state index contributed by atoms with van der Waals surface area (Å²) in [6.45, 7) is 3.06. The summed E-state index contributed by atoms with van der Waals surface area (Å²) in [5.74, 6) is 0. The molecule has 9 heavy (non-hydrogen) atoms. The van der Waals surface area contributed by atoms with Gasteiger partial charge in [-0.1, -0.05) is 5.21 Å². The molecule has 0 unspecified atom stereocenters. The van der Waals surface area contributed by atoms with Crippen molar-refractivity contribution in [1.82, 2.24) is 15.0 Å². The van der Waals surface area contributed by atoms with Gasteiger partial charge in [0.1, 0.15) is 12.9 Å². The zero-order valence-electron chi connectivity index (χ0n) is 5.24. The minimum absolute atomic E-state index is 0.441. The Hall–Kier alpha value is -0.900. The molecule has 0 atom stereocenters. The lowest BCUT2D eigenvalue weighted by Gasteiger charge is -1.96. The zero-order chi connectivity index (χ0) is 6.53. The van der Waals surface area contributed by atoms with E-state index < -0.39 is 0 Å². The predicted octanol–water partition coefficient (Wildman–Crippen LogP) is 0.0723. The average molecular weight is 126 g/mol. The lowest BCUT2D eigenvalue weighted by molar-refractivity contribution is 0.0773. The maximum atomic E-state index is 5.01. The third kappa shape index (κ3) is 1.81. The molecule has 49 valence electrons. The van der Waals surface area contributed by atoms with E-state index in [4.69, 9.17) is 4.74 Å². The van der Waals surface area contributed by atoms with Gasteiger partial charge in [0.25, 0.3) is 0 Å². The first-order valence-electron chi connectivity index (χ1n) is 2.77. The van der Waals surface area contributed by atoms with Crippen LogP contribution in [0.25, 0.3) is 0 Å². The molecule has 1 aromatic rings. The van der Waals surface area contributed by atoms with E-state index in [1.807, 2.05) is 6.92 Å². The van der Waals surface area contributed by atoms with E-state index >= 15 is 0 Å². The van der Waals surface area contributed by atoms with E-state index in [0.29, 0.717) is 13.3 Å². The molecule has 0 N–H and O–H groups in total. The molecule has 1 rings (SSSR count). The Morgan fingerprint density at radius 1 is 1.78 bits per heavy atom. The van der Waals surface area contributed by atoms with Crippen LogP contribution in [0.15, 0.2) is 6.20 Å². The standard InChI is InChI=1S/C5H8N3O/c1-2-9-5-8-4-3-6-7-8/h3H,2,5H2,1H3. The second-order valence-corrected chi connectivity index (χ2v) is 1.48. The van der Waals surface area contributed by atoms with Gasteiger partial charge in [0, 0.05) is 6.61 Å². The maximum absolute atomic E-state index is 5.01. The molecule has 1 radical (unpaired) electrons. The third-order valence-electron chi connectivity index (χ3n) is 0.842. The van der Waals surface area contributed by atoms with E-state index in [-0.39, 0.29) is 0 Å². The SMILES string of the molecule is CCOCn1[c]cnn1. The largest absolute Gasteiger partial charge is 0.359 e. The molecule has 4 heteroatoms. The second kappa shape index (κ2) is 3.19. The predicted molar refractivity (Wildman–Crippen MR) is 30.5 cm³/mol. The van der Waals surface area contributed by atoms with Gasteiger partial charge >= 0.3 is 0 Å². The van der Waals surface area contributed by atoms with Crippen molar-refractivity contribution in [2.75, 3.05) is 6.61 Å². The van der Waals surface area contributed by atoms with Gasteiger partial charge in [-0.15, -0.1) is 5.10 Å². The Labute approximate surface area is 53.4 Å². The Bertz CT molecular complexity index is 149. The van der Waals surface area contributed by atoms with Crippen LogP contribution in [-0.2, 0) is 11.5 Å². The van der Waals surface area contributed by atoms with Crippen LogP contribution < -0.4 is 0 Å². The maximum Gasteiger partial charge on any atom is 0.141 e. The summed E-state index contributed by atoms with van der Waals surface area (Å²) in [5, 5.41) is 7.19. The molecule has 0 saturated carbocycles. The van der Waals surface area contributed by atoms with Crippen LogP contribution in [0.3, 0.4) is 0 Å². The van der Waals surface area contributed by atoms with Crippen molar-refractivity contribution in [3.8, 4) is 0 Å². The van der Waals surface area contributed by atoms with E-state index in [9.17, 15) is 0 Å². The van der Waals surface area contributed by atoms with Crippen LogP contribution in [0.4, 0.5) is 0 Å². The number of aromatic nitrogens is 3. The fraction of sp³-hybridized carbons (Fsp3) is 0.600. The van der Waals surface area contributed by atoms with Gasteiger partial charge in [0.2, 0.25) is 0 Å². The molecule has 0 aliphatic heterocycles. The van der Waals surface area contributed by atoms with Gasteiger partial charge in [0.15, 0.2) is 0 Å². The molecule has 0 saturated heterocycles. The lowest BCUT2D eigenvalue weighted by atomic mass is 10.8. The first-order valence-corrected chi connectivity index (χ1v) is 2.77. The second-order valence-electron chi connectivity index (χ2n) is 1.48. The van der Waals surface area contributed by atoms with Crippen molar-refractivity contribution >= 4 is 0 Å². The molecule has 0 aliphatic rings. The van der Waals surface area contributed by atoms with Crippen LogP contribution in [-0.4, -0.2) is 21.6 Å². The van der Waals surface area contributed by atoms with Gasteiger partial charge in [-0.3, -0.25) is 0 Å². The summed E-state index contributed by atoms with van der Waals surface area (Å²) in [7, 11) is 0. The van der Waals surface area contributed by atoms with Crippen molar-refractivity contribution in [1.29, 1.82) is 0 Å². The monoisotopic (exact) mass is 126 g/mol. The van der Waals surface area contributed by atoms with Gasteiger partial charge in [-0.2, -0.15) is 0 Å². The molecule has 1 heterocycles. The minimum atomic E-state index is 0.441. The first kappa shape index (κ1) is 6.22. The van der Waals surface area contributed by atoms with E-state index in [2.05, 4.69) is 16.5 Å². The number of nitrogens with zero attached hydrogens (tertiary/aromatic N) is 3. The summed E-state index contributed by atoms with van der Waals surface area (Å²) in [6.07, 6.45) is 4.24. The van der Waals surface area contributed by atoms with E-state index in [0.717, 1.165) is 0 Å². The van der Waals surface area contributed by atoms with Crippen LogP contribution in [0.2, 0.25) is 0 Å². The normalized spacial score (nSPS) is 9.89. The molecule has 0 amide bonds. The van der Waals surface area contributed by atoms with Crippen LogP contribution in [0.5, 0.6) is 0 Å². The highest BCUT2D eigenvalue weighted by molar-refractivity contribution is 4.57. The molecule has 0 fully saturated rings. The highest BCUT2D eigenvalue weighted by Crippen LogP contribution is 1.80. The average Bonchev–Trinajstić information content (AvgIpc) is 2.34. The van der Waals surface area contributed by atoms with Gasteiger partial charge in [-0.25, -0.2) is 4.68 Å². The highest BCUT2D eigenvalue weighted by atomic mass is 16.5. The van der Waals surface area contributed by atoms with Crippen molar-refractivity contribution in [2.24, 2.45) is 0 Å². The van der Waals surface area contributed by atoms with Crippen LogP contribution in [0, 0.1) is 6.20 Å². The molecule has 0 aliphatic carbocycles. The summed E-state index contributed by atoms with van der Waals surface area (Å²) in [5.41, 5.74) is 0. The first-order chi connectivity index (χ1) is 4.43. The topological polar surface area (TPSA) is 39.9 Å². The minimum Gasteiger partial charge on any atom is -0.359 e. The lowest BCUT2D eigenvalue weighted by Crippen LogP contribution is -2.02. The molecular formula is C5H8N3O. The summed E-state index contributed by atoms with van der Waals surface area (Å²) in [4.78, 5) is 0. The van der Waals surface area contributed by atoms with Crippen molar-refractivity contribution < 1.29 is 4.74 Å². The number of ether oxygens (including phenoxy) is 1. The molecule has 1 aromatic heterocycles. The van der Waals surface area contributed by atoms with Crippen LogP contribution in [0.1, 0.15) is 6.92 Å². The molecule has 4 nitrogen and oxygen atoms in total.